The highest BCUT2D eigenvalue weighted by molar-refractivity contribution is 7.89. The van der Waals surface area contributed by atoms with E-state index in [4.69, 9.17) is 0 Å². The highest BCUT2D eigenvalue weighted by Crippen LogP contribution is 2.22. The minimum absolute atomic E-state index is 0.0184. The Balaban J connectivity index is 1.52. The summed E-state index contributed by atoms with van der Waals surface area (Å²) in [6.07, 6.45) is 1.26. The van der Waals surface area contributed by atoms with Crippen LogP contribution in [-0.2, 0) is 14.8 Å². The third-order valence-electron chi connectivity index (χ3n) is 4.60. The number of rotatable bonds is 8. The molecule has 0 bridgehead atoms. The van der Waals surface area contributed by atoms with E-state index in [9.17, 15) is 28.1 Å². The van der Waals surface area contributed by atoms with Crippen molar-refractivity contribution in [1.82, 2.24) is 14.9 Å². The monoisotopic (exact) mass is 452 g/mol. The number of carbonyl (C=O) groups excluding carboxylic acids is 2. The number of nitro groups is 1. The molecule has 1 aromatic heterocycles. The fourth-order valence-electron chi connectivity index (χ4n) is 3.16. The van der Waals surface area contributed by atoms with Crippen molar-refractivity contribution in [2.75, 3.05) is 19.6 Å². The first-order valence-electron chi connectivity index (χ1n) is 9.16. The Bertz CT molecular complexity index is 1040. The van der Waals surface area contributed by atoms with Crippen LogP contribution < -0.4 is 10.0 Å². The third kappa shape index (κ3) is 5.01. The van der Waals surface area contributed by atoms with Crippen molar-refractivity contribution in [3.63, 3.8) is 0 Å². The van der Waals surface area contributed by atoms with E-state index in [-0.39, 0.29) is 35.5 Å². The summed E-state index contributed by atoms with van der Waals surface area (Å²) in [6, 6.07) is 7.60. The fourth-order valence-corrected chi connectivity index (χ4v) is 4.91. The maximum absolute atomic E-state index is 12.5. The molecule has 2 heterocycles. The van der Waals surface area contributed by atoms with Crippen LogP contribution in [0.1, 0.15) is 22.5 Å². The average molecular weight is 453 g/mol. The van der Waals surface area contributed by atoms with Gasteiger partial charge in [-0.25, -0.2) is 13.1 Å². The Morgan fingerprint density at radius 3 is 2.73 bits per heavy atom. The van der Waals surface area contributed by atoms with E-state index < -0.39 is 21.0 Å². The number of nitrogens with one attached hydrogen (secondary N) is 2. The molecule has 2 aromatic rings. The van der Waals surface area contributed by atoms with E-state index in [2.05, 4.69) is 10.0 Å². The van der Waals surface area contributed by atoms with E-state index in [0.29, 0.717) is 24.3 Å². The van der Waals surface area contributed by atoms with Crippen molar-refractivity contribution in [2.24, 2.45) is 0 Å². The molecule has 1 saturated heterocycles. The van der Waals surface area contributed by atoms with E-state index in [1.54, 1.807) is 17.5 Å². The molecule has 0 spiro atoms. The number of sulfonamides is 1. The van der Waals surface area contributed by atoms with Crippen LogP contribution in [0.5, 0.6) is 0 Å². The van der Waals surface area contributed by atoms with Gasteiger partial charge in [0.1, 0.15) is 6.04 Å². The normalized spacial score (nSPS) is 16.4. The lowest BCUT2D eigenvalue weighted by Gasteiger charge is -2.23. The van der Waals surface area contributed by atoms with Crippen LogP contribution in [0.25, 0.3) is 0 Å². The number of carbonyl (C=O) groups is 2. The first kappa shape index (κ1) is 21.9. The van der Waals surface area contributed by atoms with Gasteiger partial charge in [-0.1, -0.05) is 12.1 Å². The van der Waals surface area contributed by atoms with Gasteiger partial charge in [-0.3, -0.25) is 19.7 Å². The summed E-state index contributed by atoms with van der Waals surface area (Å²) < 4.78 is 26.9. The molecule has 1 aliphatic rings. The van der Waals surface area contributed by atoms with Gasteiger partial charge in [-0.2, -0.15) is 0 Å². The lowest BCUT2D eigenvalue weighted by atomic mass is 10.2. The molecule has 0 unspecified atom stereocenters. The molecule has 160 valence electrons. The number of non-ortho nitro benzene ring substituents is 1. The first-order chi connectivity index (χ1) is 14.3. The zero-order chi connectivity index (χ0) is 21.7. The lowest BCUT2D eigenvalue weighted by molar-refractivity contribution is -0.385. The maximum Gasteiger partial charge on any atom is 0.270 e. The predicted molar refractivity (Wildman–Crippen MR) is 110 cm³/mol. The summed E-state index contributed by atoms with van der Waals surface area (Å²) in [5.41, 5.74) is -0.331. The van der Waals surface area contributed by atoms with Crippen LogP contribution in [0.15, 0.2) is 46.7 Å². The number of benzene rings is 1. The van der Waals surface area contributed by atoms with Crippen LogP contribution in [0.3, 0.4) is 0 Å². The molecule has 3 rings (SSSR count). The van der Waals surface area contributed by atoms with Gasteiger partial charge in [-0.05, 0) is 30.4 Å². The predicted octanol–water partition coefficient (Wildman–Crippen LogP) is 1.36. The van der Waals surface area contributed by atoms with Gasteiger partial charge < -0.3 is 10.2 Å². The number of thiophene rings is 1. The average Bonchev–Trinajstić information content (AvgIpc) is 3.43. The van der Waals surface area contributed by atoms with Gasteiger partial charge in [0.25, 0.3) is 11.6 Å². The van der Waals surface area contributed by atoms with Crippen LogP contribution in [-0.4, -0.2) is 55.7 Å². The largest absolute Gasteiger partial charge is 0.353 e. The molecule has 2 amide bonds. The van der Waals surface area contributed by atoms with E-state index in [0.717, 1.165) is 6.07 Å². The van der Waals surface area contributed by atoms with Crippen LogP contribution >= 0.6 is 11.3 Å². The number of nitro benzene ring substituents is 1. The lowest BCUT2D eigenvalue weighted by Crippen LogP contribution is -2.47. The molecule has 0 radical (unpaired) electrons. The van der Waals surface area contributed by atoms with Gasteiger partial charge in [0.2, 0.25) is 15.9 Å². The van der Waals surface area contributed by atoms with Crippen molar-refractivity contribution >= 4 is 38.9 Å². The molecule has 0 aliphatic carbocycles. The molecule has 1 aromatic carbocycles. The van der Waals surface area contributed by atoms with Crippen LogP contribution in [0, 0.1) is 10.1 Å². The zero-order valence-electron chi connectivity index (χ0n) is 15.8. The minimum Gasteiger partial charge on any atom is -0.353 e. The summed E-state index contributed by atoms with van der Waals surface area (Å²) in [4.78, 5) is 37.0. The molecule has 30 heavy (non-hydrogen) atoms. The van der Waals surface area contributed by atoms with Gasteiger partial charge >= 0.3 is 0 Å². The fraction of sp³-hybridized carbons (Fsp3) is 0.333. The van der Waals surface area contributed by atoms with Gasteiger partial charge in [0.15, 0.2) is 0 Å². The second kappa shape index (κ2) is 9.32. The van der Waals surface area contributed by atoms with Gasteiger partial charge in [-0.15, -0.1) is 11.3 Å². The number of hydrogen-bond donors (Lipinski definition) is 2. The Labute approximate surface area is 177 Å². The number of amides is 2. The maximum atomic E-state index is 12.5. The summed E-state index contributed by atoms with van der Waals surface area (Å²) in [5, 5.41) is 15.2. The molecule has 1 atom stereocenters. The Hall–Kier alpha value is -2.83. The van der Waals surface area contributed by atoms with Crippen molar-refractivity contribution in [3.8, 4) is 0 Å². The molecular weight excluding hydrogens is 432 g/mol. The van der Waals surface area contributed by atoms with E-state index in [1.807, 2.05) is 0 Å². The van der Waals surface area contributed by atoms with Crippen LogP contribution in [0.2, 0.25) is 0 Å². The van der Waals surface area contributed by atoms with Gasteiger partial charge in [0, 0.05) is 31.8 Å². The smallest absolute Gasteiger partial charge is 0.270 e. The quantitative estimate of drug-likeness (QED) is 0.352. The standard InChI is InChI=1S/C18H20N4O6S2/c23-17(15-6-2-10-21(15)18(24)16-7-3-11-29-16)19-8-9-20-30(27,28)14-5-1-4-13(12-14)22(25)26/h1,3-5,7,11-12,15,20H,2,6,8-10H2,(H,19,23)/t15-/m0/s1. The van der Waals surface area contributed by atoms with Crippen molar-refractivity contribution < 1.29 is 22.9 Å². The van der Waals surface area contributed by atoms with Gasteiger partial charge in [0.05, 0.1) is 14.7 Å². The van der Waals surface area contributed by atoms with E-state index >= 15 is 0 Å². The summed E-state index contributed by atoms with van der Waals surface area (Å²) in [7, 11) is -3.96. The molecule has 10 nitrogen and oxygen atoms in total. The molecule has 12 heteroatoms. The highest BCUT2D eigenvalue weighted by atomic mass is 32.2. The van der Waals surface area contributed by atoms with E-state index in [1.165, 1.54) is 34.4 Å². The summed E-state index contributed by atoms with van der Waals surface area (Å²) >= 11 is 1.31. The Morgan fingerprint density at radius 2 is 2.03 bits per heavy atom. The Morgan fingerprint density at radius 1 is 1.23 bits per heavy atom. The van der Waals surface area contributed by atoms with Crippen LogP contribution in [0.4, 0.5) is 5.69 Å². The third-order valence-corrected chi connectivity index (χ3v) is 6.92. The van der Waals surface area contributed by atoms with Crippen molar-refractivity contribution in [1.29, 1.82) is 0 Å². The Kier molecular flexibility index (Phi) is 6.80. The molecular formula is C18H20N4O6S2. The second-order valence-corrected chi connectivity index (χ2v) is 9.29. The number of likely N-dealkylation sites (tertiary alicyclic amines) is 1. The number of hydrogen-bond acceptors (Lipinski definition) is 7. The highest BCUT2D eigenvalue weighted by Gasteiger charge is 2.34. The topological polar surface area (TPSA) is 139 Å². The number of nitrogens with zero attached hydrogens (tertiary/aromatic N) is 2. The summed E-state index contributed by atoms with van der Waals surface area (Å²) in [6.45, 7) is 0.418. The van der Waals surface area contributed by atoms with Crippen molar-refractivity contribution in [2.45, 2.75) is 23.8 Å². The molecule has 1 aliphatic heterocycles. The molecule has 1 fully saturated rings. The SMILES string of the molecule is O=C(NCCNS(=O)(=O)c1cccc([N+](=O)[O-])c1)[C@@H]1CCCN1C(=O)c1cccs1. The molecule has 2 N–H and O–H groups in total. The van der Waals surface area contributed by atoms with Crippen molar-refractivity contribution in [3.05, 3.63) is 56.8 Å². The second-order valence-electron chi connectivity index (χ2n) is 6.58. The zero-order valence-corrected chi connectivity index (χ0v) is 17.4. The first-order valence-corrected chi connectivity index (χ1v) is 11.5. The minimum atomic E-state index is -3.96. The summed E-state index contributed by atoms with van der Waals surface area (Å²) in [5.74, 6) is -0.527. The molecule has 0 saturated carbocycles.